The van der Waals surface area contributed by atoms with E-state index < -0.39 is 0 Å². The predicted molar refractivity (Wildman–Crippen MR) is 99.8 cm³/mol. The van der Waals surface area contributed by atoms with Crippen molar-refractivity contribution in [3.63, 3.8) is 0 Å². The number of hydrogen-bond donors (Lipinski definition) is 2. The Morgan fingerprint density at radius 2 is 1.79 bits per heavy atom. The second-order valence-electron chi connectivity index (χ2n) is 5.84. The average Bonchev–Trinajstić information content (AvgIpc) is 2.63. The molecule has 4 nitrogen and oxygen atoms in total. The number of carbonyl (C=O) groups is 1. The third-order valence-electron chi connectivity index (χ3n) is 4.20. The van der Waals surface area contributed by atoms with Crippen LogP contribution in [-0.4, -0.2) is 43.5 Å². The van der Waals surface area contributed by atoms with Gasteiger partial charge in [-0.2, -0.15) is 0 Å². The van der Waals surface area contributed by atoms with E-state index in [1.54, 1.807) is 0 Å². The zero-order valence-electron chi connectivity index (χ0n) is 13.8. The molecule has 2 aromatic rings. The normalized spacial score (nSPS) is 14.5. The highest BCUT2D eigenvalue weighted by atomic mass is 35.5. The summed E-state index contributed by atoms with van der Waals surface area (Å²) >= 11 is 5.97. The maximum Gasteiger partial charge on any atom is 0.256 e. The Hall–Kier alpha value is -2.04. The van der Waals surface area contributed by atoms with E-state index in [9.17, 15) is 4.79 Å². The lowest BCUT2D eigenvalue weighted by molar-refractivity contribution is 0.0737. The number of anilines is 1. The fraction of sp³-hybridized carbons (Fsp3) is 0.316. The summed E-state index contributed by atoms with van der Waals surface area (Å²) in [6, 6.07) is 13.7. The molecule has 1 fully saturated rings. The van der Waals surface area contributed by atoms with Gasteiger partial charge in [-0.15, -0.1) is 0 Å². The monoisotopic (exact) mass is 343 g/mol. The molecule has 1 saturated heterocycles. The molecule has 1 aliphatic rings. The summed E-state index contributed by atoms with van der Waals surface area (Å²) in [6.45, 7) is 6.00. The molecule has 0 atom stereocenters. The van der Waals surface area contributed by atoms with Crippen LogP contribution in [0.2, 0.25) is 5.02 Å². The van der Waals surface area contributed by atoms with Gasteiger partial charge in [0.15, 0.2) is 0 Å². The van der Waals surface area contributed by atoms with Gasteiger partial charge in [0.1, 0.15) is 0 Å². The number of nitrogens with zero attached hydrogens (tertiary/aromatic N) is 1. The van der Waals surface area contributed by atoms with Crippen molar-refractivity contribution in [1.29, 1.82) is 0 Å². The smallest absolute Gasteiger partial charge is 0.256 e. The molecule has 0 spiro atoms. The summed E-state index contributed by atoms with van der Waals surface area (Å²) in [7, 11) is 0. The van der Waals surface area contributed by atoms with E-state index in [4.69, 9.17) is 11.6 Å². The Morgan fingerprint density at radius 3 is 2.46 bits per heavy atom. The number of nitrogens with one attached hydrogen (secondary N) is 2. The first-order valence-corrected chi connectivity index (χ1v) is 8.70. The maximum absolute atomic E-state index is 13.0. The first kappa shape index (κ1) is 16.8. The second kappa shape index (κ2) is 7.69. The lowest BCUT2D eigenvalue weighted by Gasteiger charge is -2.28. The minimum Gasteiger partial charge on any atom is -0.385 e. The van der Waals surface area contributed by atoms with Gasteiger partial charge in [-0.3, -0.25) is 4.79 Å². The molecule has 0 radical (unpaired) electrons. The van der Waals surface area contributed by atoms with E-state index in [1.165, 1.54) is 0 Å². The van der Waals surface area contributed by atoms with Gasteiger partial charge in [0.05, 0.1) is 5.56 Å². The van der Waals surface area contributed by atoms with Crippen LogP contribution in [0.15, 0.2) is 42.5 Å². The molecule has 1 aliphatic heterocycles. The van der Waals surface area contributed by atoms with Gasteiger partial charge in [0.2, 0.25) is 0 Å². The Balaban J connectivity index is 1.96. The molecule has 2 N–H and O–H groups in total. The van der Waals surface area contributed by atoms with Gasteiger partial charge in [-0.05, 0) is 42.3 Å². The van der Waals surface area contributed by atoms with Crippen LogP contribution in [0.4, 0.5) is 5.69 Å². The zero-order valence-corrected chi connectivity index (χ0v) is 14.6. The standard InChI is InChI=1S/C19H22ClN3O/c1-2-22-18-8-5-15(14-3-6-16(20)7-4-14)13-17(18)19(24)23-11-9-21-10-12-23/h3-8,13,21-22H,2,9-12H2,1H3. The highest BCUT2D eigenvalue weighted by Crippen LogP contribution is 2.27. The van der Waals surface area contributed by atoms with Crippen LogP contribution in [0.1, 0.15) is 17.3 Å². The largest absolute Gasteiger partial charge is 0.385 e. The van der Waals surface area contributed by atoms with Crippen molar-refractivity contribution < 1.29 is 4.79 Å². The van der Waals surface area contributed by atoms with Crippen molar-refractivity contribution in [2.24, 2.45) is 0 Å². The summed E-state index contributed by atoms with van der Waals surface area (Å²) in [5, 5.41) is 7.29. The van der Waals surface area contributed by atoms with Crippen LogP contribution in [0, 0.1) is 0 Å². The molecule has 0 bridgehead atoms. The number of piperazine rings is 1. The van der Waals surface area contributed by atoms with Gasteiger partial charge in [0.25, 0.3) is 5.91 Å². The summed E-state index contributed by atoms with van der Waals surface area (Å²) in [4.78, 5) is 14.9. The molecular formula is C19H22ClN3O. The van der Waals surface area contributed by atoms with Crippen molar-refractivity contribution >= 4 is 23.2 Å². The Bertz CT molecular complexity index is 709. The number of rotatable bonds is 4. The highest BCUT2D eigenvalue weighted by molar-refractivity contribution is 6.30. The predicted octanol–water partition coefficient (Wildman–Crippen LogP) is 3.48. The number of carbonyl (C=O) groups excluding carboxylic acids is 1. The molecule has 1 heterocycles. The molecule has 0 unspecified atom stereocenters. The van der Waals surface area contributed by atoms with E-state index in [1.807, 2.05) is 54.3 Å². The fourth-order valence-electron chi connectivity index (χ4n) is 2.93. The summed E-state index contributed by atoms with van der Waals surface area (Å²) in [6.07, 6.45) is 0. The van der Waals surface area contributed by atoms with Crippen LogP contribution in [-0.2, 0) is 0 Å². The Morgan fingerprint density at radius 1 is 1.12 bits per heavy atom. The van der Waals surface area contributed by atoms with Crippen molar-refractivity contribution in [1.82, 2.24) is 10.2 Å². The van der Waals surface area contributed by atoms with Gasteiger partial charge >= 0.3 is 0 Å². The quantitative estimate of drug-likeness (QED) is 0.893. The fourth-order valence-corrected chi connectivity index (χ4v) is 3.05. The molecule has 1 amide bonds. The Labute approximate surface area is 147 Å². The first-order chi connectivity index (χ1) is 11.7. The summed E-state index contributed by atoms with van der Waals surface area (Å²) in [5.41, 5.74) is 3.69. The molecule has 2 aromatic carbocycles. The van der Waals surface area contributed by atoms with Gasteiger partial charge in [-0.25, -0.2) is 0 Å². The van der Waals surface area contributed by atoms with Gasteiger partial charge in [-0.1, -0.05) is 29.8 Å². The topological polar surface area (TPSA) is 44.4 Å². The van der Waals surface area contributed by atoms with Crippen LogP contribution in [0.5, 0.6) is 0 Å². The molecule has 0 saturated carbocycles. The van der Waals surface area contributed by atoms with E-state index in [0.29, 0.717) is 5.02 Å². The van der Waals surface area contributed by atoms with Crippen LogP contribution < -0.4 is 10.6 Å². The highest BCUT2D eigenvalue weighted by Gasteiger charge is 2.21. The zero-order chi connectivity index (χ0) is 16.9. The molecule has 3 rings (SSSR count). The Kier molecular flexibility index (Phi) is 5.38. The number of halogens is 1. The van der Waals surface area contributed by atoms with Crippen molar-refractivity contribution in [3.8, 4) is 11.1 Å². The number of hydrogen-bond acceptors (Lipinski definition) is 3. The van der Waals surface area contributed by atoms with Crippen molar-refractivity contribution in [2.45, 2.75) is 6.92 Å². The molecule has 0 aromatic heterocycles. The molecule has 5 heteroatoms. The summed E-state index contributed by atoms with van der Waals surface area (Å²) in [5.74, 6) is 0.0864. The van der Waals surface area contributed by atoms with Crippen LogP contribution in [0.3, 0.4) is 0 Å². The van der Waals surface area contributed by atoms with Crippen molar-refractivity contribution in [3.05, 3.63) is 53.1 Å². The SMILES string of the molecule is CCNc1ccc(-c2ccc(Cl)cc2)cc1C(=O)N1CCNCC1. The lowest BCUT2D eigenvalue weighted by atomic mass is 10.0. The number of amides is 1. The molecular weight excluding hydrogens is 322 g/mol. The molecule has 24 heavy (non-hydrogen) atoms. The average molecular weight is 344 g/mol. The lowest BCUT2D eigenvalue weighted by Crippen LogP contribution is -2.46. The van der Waals surface area contributed by atoms with Crippen LogP contribution in [0.25, 0.3) is 11.1 Å². The summed E-state index contributed by atoms with van der Waals surface area (Å²) < 4.78 is 0. The number of benzene rings is 2. The van der Waals surface area contributed by atoms with Crippen molar-refractivity contribution in [2.75, 3.05) is 38.0 Å². The van der Waals surface area contributed by atoms with E-state index in [2.05, 4.69) is 10.6 Å². The second-order valence-corrected chi connectivity index (χ2v) is 6.28. The third-order valence-corrected chi connectivity index (χ3v) is 4.45. The minimum absolute atomic E-state index is 0.0864. The van der Waals surface area contributed by atoms with E-state index in [0.717, 1.165) is 55.1 Å². The van der Waals surface area contributed by atoms with E-state index >= 15 is 0 Å². The van der Waals surface area contributed by atoms with E-state index in [-0.39, 0.29) is 5.91 Å². The molecule has 0 aliphatic carbocycles. The maximum atomic E-state index is 13.0. The van der Waals surface area contributed by atoms with Gasteiger partial charge < -0.3 is 15.5 Å². The minimum atomic E-state index is 0.0864. The van der Waals surface area contributed by atoms with Crippen LogP contribution >= 0.6 is 11.6 Å². The third kappa shape index (κ3) is 3.71. The van der Waals surface area contributed by atoms with Gasteiger partial charge in [0, 0.05) is 43.4 Å². The first-order valence-electron chi connectivity index (χ1n) is 8.33. The molecule has 126 valence electrons.